The molecule has 0 spiro atoms. The predicted molar refractivity (Wildman–Crippen MR) is 120 cm³/mol. The molecule has 1 aliphatic carbocycles. The Morgan fingerprint density at radius 2 is 2.06 bits per heavy atom. The van der Waals surface area contributed by atoms with E-state index < -0.39 is 0 Å². The lowest BCUT2D eigenvalue weighted by atomic mass is 9.74. The SMILES string of the molecule is O=C(c1cccc2[nH]ccc12)N1CCCC(CC2CC2)(c2noc(C3CCOCC3)n2)C1. The topological polar surface area (TPSA) is 84.2 Å². The Balaban J connectivity index is 1.30. The number of likely N-dealkylation sites (tertiary alicyclic amines) is 1. The van der Waals surface area contributed by atoms with Gasteiger partial charge in [0.15, 0.2) is 5.82 Å². The van der Waals surface area contributed by atoms with Crippen molar-refractivity contribution in [3.63, 3.8) is 0 Å². The maximum absolute atomic E-state index is 13.6. The maximum Gasteiger partial charge on any atom is 0.254 e. The van der Waals surface area contributed by atoms with Crippen molar-refractivity contribution < 1.29 is 14.1 Å². The third-order valence-corrected chi connectivity index (χ3v) is 7.55. The van der Waals surface area contributed by atoms with E-state index in [0.717, 1.165) is 80.0 Å². The molecule has 3 aromatic rings. The lowest BCUT2D eigenvalue weighted by Gasteiger charge is -2.41. The molecule has 1 saturated carbocycles. The van der Waals surface area contributed by atoms with Gasteiger partial charge in [-0.3, -0.25) is 4.79 Å². The van der Waals surface area contributed by atoms with Crippen molar-refractivity contribution in [2.75, 3.05) is 26.3 Å². The molecular weight excluding hydrogens is 404 g/mol. The summed E-state index contributed by atoms with van der Waals surface area (Å²) in [5, 5.41) is 5.49. The Morgan fingerprint density at radius 1 is 1.19 bits per heavy atom. The van der Waals surface area contributed by atoms with Crippen LogP contribution in [0.3, 0.4) is 0 Å². The Kier molecular flexibility index (Phi) is 5.01. The van der Waals surface area contributed by atoms with E-state index in [1.807, 2.05) is 35.4 Å². The highest BCUT2D eigenvalue weighted by Crippen LogP contribution is 2.46. The average molecular weight is 435 g/mol. The number of aromatic nitrogens is 3. The Bertz CT molecular complexity index is 1110. The van der Waals surface area contributed by atoms with Crippen LogP contribution in [-0.4, -0.2) is 52.2 Å². The van der Waals surface area contributed by atoms with Crippen LogP contribution in [0, 0.1) is 5.92 Å². The van der Waals surface area contributed by atoms with Gasteiger partial charge in [0.05, 0.1) is 5.41 Å². The normalized spacial score (nSPS) is 24.8. The van der Waals surface area contributed by atoms with E-state index in [4.69, 9.17) is 14.2 Å². The van der Waals surface area contributed by atoms with E-state index in [1.165, 1.54) is 12.8 Å². The summed E-state index contributed by atoms with van der Waals surface area (Å²) >= 11 is 0. The second kappa shape index (κ2) is 8.03. The smallest absolute Gasteiger partial charge is 0.254 e. The molecule has 2 saturated heterocycles. The summed E-state index contributed by atoms with van der Waals surface area (Å²) < 4.78 is 11.3. The molecule has 168 valence electrons. The number of benzene rings is 1. The zero-order chi connectivity index (χ0) is 21.5. The quantitative estimate of drug-likeness (QED) is 0.643. The summed E-state index contributed by atoms with van der Waals surface area (Å²) in [7, 11) is 0. The number of piperidine rings is 1. The fourth-order valence-electron chi connectivity index (χ4n) is 5.62. The summed E-state index contributed by atoms with van der Waals surface area (Å²) in [5.74, 6) is 2.66. The van der Waals surface area contributed by atoms with E-state index in [2.05, 4.69) is 10.1 Å². The van der Waals surface area contributed by atoms with E-state index in [9.17, 15) is 4.79 Å². The van der Waals surface area contributed by atoms with Gasteiger partial charge >= 0.3 is 0 Å². The molecule has 6 rings (SSSR count). The van der Waals surface area contributed by atoms with Gasteiger partial charge in [-0.15, -0.1) is 0 Å². The predicted octanol–water partition coefficient (Wildman–Crippen LogP) is 4.42. The van der Waals surface area contributed by atoms with Gasteiger partial charge in [0, 0.05) is 54.9 Å². The van der Waals surface area contributed by atoms with Crippen molar-refractivity contribution >= 4 is 16.8 Å². The first-order valence-corrected chi connectivity index (χ1v) is 12.0. The number of hydrogen-bond donors (Lipinski definition) is 1. The molecule has 1 atom stereocenters. The number of carbonyl (C=O) groups excluding carboxylic acids is 1. The molecular formula is C25H30N4O3. The summed E-state index contributed by atoms with van der Waals surface area (Å²) in [6.45, 7) is 2.94. The number of nitrogens with zero attached hydrogens (tertiary/aromatic N) is 3. The molecule has 1 N–H and O–H groups in total. The highest BCUT2D eigenvalue weighted by Gasteiger charge is 2.46. The summed E-state index contributed by atoms with van der Waals surface area (Å²) in [4.78, 5) is 23.8. The molecule has 1 amide bonds. The van der Waals surface area contributed by atoms with Crippen molar-refractivity contribution in [3.8, 4) is 0 Å². The second-order valence-electron chi connectivity index (χ2n) is 9.85. The highest BCUT2D eigenvalue weighted by atomic mass is 16.5. The molecule has 7 nitrogen and oxygen atoms in total. The average Bonchev–Trinajstić information content (AvgIpc) is 3.29. The van der Waals surface area contributed by atoms with Crippen LogP contribution < -0.4 is 0 Å². The van der Waals surface area contributed by atoms with Crippen LogP contribution in [0.2, 0.25) is 0 Å². The van der Waals surface area contributed by atoms with Crippen LogP contribution in [0.4, 0.5) is 0 Å². The number of ether oxygens (including phenoxy) is 1. The van der Waals surface area contributed by atoms with Crippen LogP contribution in [0.25, 0.3) is 10.9 Å². The van der Waals surface area contributed by atoms with Crippen LogP contribution in [0.15, 0.2) is 35.0 Å². The Labute approximate surface area is 187 Å². The van der Waals surface area contributed by atoms with E-state index in [-0.39, 0.29) is 17.2 Å². The molecule has 7 heteroatoms. The molecule has 1 unspecified atom stereocenters. The van der Waals surface area contributed by atoms with Gasteiger partial charge in [-0.1, -0.05) is 24.1 Å². The molecule has 32 heavy (non-hydrogen) atoms. The number of rotatable bonds is 5. The minimum absolute atomic E-state index is 0.100. The Hall–Kier alpha value is -2.67. The largest absolute Gasteiger partial charge is 0.381 e. The zero-order valence-corrected chi connectivity index (χ0v) is 18.4. The first-order chi connectivity index (χ1) is 15.7. The number of fused-ring (bicyclic) bond motifs is 1. The molecule has 0 bridgehead atoms. The van der Waals surface area contributed by atoms with E-state index >= 15 is 0 Å². The van der Waals surface area contributed by atoms with Crippen LogP contribution in [-0.2, 0) is 10.2 Å². The van der Waals surface area contributed by atoms with Crippen molar-refractivity contribution in [2.45, 2.75) is 56.3 Å². The standard InChI is InChI=1S/C25H30N4O3/c30-23(20-3-1-4-21-19(20)7-11-26-21)29-12-2-10-25(16-29,15-17-5-6-17)24-27-22(32-28-24)18-8-13-31-14-9-18/h1,3-4,7,11,17-18,26H,2,5-6,8-10,12-16H2. The maximum atomic E-state index is 13.6. The molecule has 0 radical (unpaired) electrons. The summed E-state index contributed by atoms with van der Waals surface area (Å²) in [6.07, 6.45) is 9.30. The fraction of sp³-hybridized carbons (Fsp3) is 0.560. The van der Waals surface area contributed by atoms with Crippen molar-refractivity contribution in [3.05, 3.63) is 47.7 Å². The first-order valence-electron chi connectivity index (χ1n) is 12.0. The third kappa shape index (κ3) is 3.62. The number of aromatic amines is 1. The van der Waals surface area contributed by atoms with Crippen LogP contribution in [0.5, 0.6) is 0 Å². The molecule has 3 fully saturated rings. The minimum atomic E-state index is -0.214. The van der Waals surface area contributed by atoms with Crippen LogP contribution >= 0.6 is 0 Å². The highest BCUT2D eigenvalue weighted by molar-refractivity contribution is 6.06. The lowest BCUT2D eigenvalue weighted by molar-refractivity contribution is 0.0609. The zero-order valence-electron chi connectivity index (χ0n) is 18.4. The Morgan fingerprint density at radius 3 is 2.91 bits per heavy atom. The van der Waals surface area contributed by atoms with Crippen LogP contribution in [0.1, 0.15) is 72.9 Å². The van der Waals surface area contributed by atoms with E-state index in [1.54, 1.807) is 0 Å². The number of carbonyl (C=O) groups is 1. The molecule has 2 aliphatic heterocycles. The molecule has 3 aliphatic rings. The van der Waals surface area contributed by atoms with Crippen molar-refractivity contribution in [1.82, 2.24) is 20.0 Å². The molecule has 1 aromatic carbocycles. The van der Waals surface area contributed by atoms with Gasteiger partial charge in [0.1, 0.15) is 0 Å². The minimum Gasteiger partial charge on any atom is -0.381 e. The van der Waals surface area contributed by atoms with Crippen molar-refractivity contribution in [2.24, 2.45) is 5.92 Å². The second-order valence-corrected chi connectivity index (χ2v) is 9.85. The fourth-order valence-corrected chi connectivity index (χ4v) is 5.62. The van der Waals surface area contributed by atoms with E-state index in [0.29, 0.717) is 12.5 Å². The van der Waals surface area contributed by atoms with Gasteiger partial charge in [-0.2, -0.15) is 4.98 Å². The van der Waals surface area contributed by atoms with Gasteiger partial charge in [0.25, 0.3) is 5.91 Å². The van der Waals surface area contributed by atoms with Gasteiger partial charge < -0.3 is 19.1 Å². The first kappa shape index (κ1) is 20.0. The van der Waals surface area contributed by atoms with Crippen molar-refractivity contribution in [1.29, 1.82) is 0 Å². The third-order valence-electron chi connectivity index (χ3n) is 7.55. The van der Waals surface area contributed by atoms with Gasteiger partial charge in [-0.25, -0.2) is 0 Å². The monoisotopic (exact) mass is 434 g/mol. The number of hydrogen-bond acceptors (Lipinski definition) is 5. The summed E-state index contributed by atoms with van der Waals surface area (Å²) in [6, 6.07) is 7.89. The lowest BCUT2D eigenvalue weighted by Crippen LogP contribution is -2.49. The molecule has 4 heterocycles. The number of amides is 1. The summed E-state index contributed by atoms with van der Waals surface area (Å²) in [5.41, 5.74) is 1.55. The molecule has 2 aromatic heterocycles. The number of nitrogens with one attached hydrogen (secondary N) is 1. The number of H-pyrrole nitrogens is 1. The van der Waals surface area contributed by atoms with Gasteiger partial charge in [0.2, 0.25) is 5.89 Å². The van der Waals surface area contributed by atoms with Gasteiger partial charge in [-0.05, 0) is 56.2 Å².